The highest BCUT2D eigenvalue weighted by Crippen LogP contribution is 2.36. The van der Waals surface area contributed by atoms with Gasteiger partial charge in [-0.3, -0.25) is 14.7 Å². The van der Waals surface area contributed by atoms with Crippen molar-refractivity contribution in [3.63, 3.8) is 0 Å². The summed E-state index contributed by atoms with van der Waals surface area (Å²) < 4.78 is 12.4. The summed E-state index contributed by atoms with van der Waals surface area (Å²) in [7, 11) is 0. The minimum Gasteiger partial charge on any atom is -0.488 e. The SMILES string of the molecule is Cc1c(COc2cc(OCc3cccc(C#N)c3)c(CN3C[C@@H](O)C[C@H]3C(=O)O)cc2Cl)cccc1-c1cccnc1. The Kier molecular flexibility index (Phi) is 9.03. The van der Waals surface area contributed by atoms with Gasteiger partial charge in [-0.15, -0.1) is 0 Å². The van der Waals surface area contributed by atoms with Crippen LogP contribution in [0.15, 0.2) is 79.1 Å². The van der Waals surface area contributed by atoms with Crippen molar-refractivity contribution in [3.8, 4) is 28.7 Å². The second-order valence-corrected chi connectivity index (χ2v) is 10.7. The minimum atomic E-state index is -0.989. The zero-order chi connectivity index (χ0) is 29.6. The molecule has 1 fully saturated rings. The molecular formula is C33H30ClN3O5. The smallest absolute Gasteiger partial charge is 0.321 e. The molecule has 0 radical (unpaired) electrons. The molecule has 5 rings (SSSR count). The Balaban J connectivity index is 1.41. The van der Waals surface area contributed by atoms with E-state index in [2.05, 4.69) is 11.1 Å². The van der Waals surface area contributed by atoms with Crippen molar-refractivity contribution in [1.82, 2.24) is 9.88 Å². The Bertz CT molecular complexity index is 1620. The summed E-state index contributed by atoms with van der Waals surface area (Å²) in [5.41, 5.74) is 6.13. The average Bonchev–Trinajstić information content (AvgIpc) is 3.37. The lowest BCUT2D eigenvalue weighted by Crippen LogP contribution is -2.35. The number of nitriles is 1. The van der Waals surface area contributed by atoms with E-state index in [1.165, 1.54) is 0 Å². The molecule has 0 bridgehead atoms. The van der Waals surface area contributed by atoms with E-state index in [-0.39, 0.29) is 32.7 Å². The number of pyridine rings is 1. The third-order valence-electron chi connectivity index (χ3n) is 7.41. The van der Waals surface area contributed by atoms with E-state index in [4.69, 9.17) is 21.1 Å². The van der Waals surface area contributed by atoms with Crippen molar-refractivity contribution in [2.75, 3.05) is 6.54 Å². The maximum absolute atomic E-state index is 11.8. The van der Waals surface area contributed by atoms with Crippen LogP contribution in [0.1, 0.15) is 34.2 Å². The number of carboxylic acids is 1. The largest absolute Gasteiger partial charge is 0.488 e. The van der Waals surface area contributed by atoms with Crippen molar-refractivity contribution in [2.24, 2.45) is 0 Å². The van der Waals surface area contributed by atoms with Crippen LogP contribution in [0.4, 0.5) is 0 Å². The van der Waals surface area contributed by atoms with Crippen molar-refractivity contribution < 1.29 is 24.5 Å². The third-order valence-corrected chi connectivity index (χ3v) is 7.70. The van der Waals surface area contributed by atoms with Gasteiger partial charge in [-0.25, -0.2) is 0 Å². The molecule has 0 spiro atoms. The van der Waals surface area contributed by atoms with E-state index in [1.54, 1.807) is 41.4 Å². The van der Waals surface area contributed by atoms with Crippen LogP contribution < -0.4 is 9.47 Å². The average molecular weight is 584 g/mol. The van der Waals surface area contributed by atoms with Gasteiger partial charge in [0.1, 0.15) is 30.8 Å². The Labute approximate surface area is 249 Å². The normalized spacial score (nSPS) is 16.6. The summed E-state index contributed by atoms with van der Waals surface area (Å²) >= 11 is 6.70. The third kappa shape index (κ3) is 6.72. The van der Waals surface area contributed by atoms with Crippen molar-refractivity contribution in [2.45, 2.75) is 45.2 Å². The fourth-order valence-corrected chi connectivity index (χ4v) is 5.44. The number of benzene rings is 3. The molecule has 0 aliphatic carbocycles. The molecule has 2 N–H and O–H groups in total. The lowest BCUT2D eigenvalue weighted by atomic mass is 9.98. The molecule has 0 saturated carbocycles. The summed E-state index contributed by atoms with van der Waals surface area (Å²) in [4.78, 5) is 17.8. The molecule has 4 aromatic rings. The Morgan fingerprint density at radius 1 is 1.07 bits per heavy atom. The number of β-amino-alcohol motifs (C(OH)–C–C–N with tert-alkyl or cyclic N) is 1. The predicted molar refractivity (Wildman–Crippen MR) is 158 cm³/mol. The number of hydrogen-bond donors (Lipinski definition) is 2. The number of likely N-dealkylation sites (tertiary alicyclic amines) is 1. The molecule has 2 atom stereocenters. The summed E-state index contributed by atoms with van der Waals surface area (Å²) in [6.45, 7) is 2.93. The molecule has 2 heterocycles. The van der Waals surface area contributed by atoms with Crippen LogP contribution >= 0.6 is 11.6 Å². The first kappa shape index (κ1) is 29.1. The van der Waals surface area contributed by atoms with Crippen LogP contribution in [-0.2, 0) is 24.6 Å². The fourth-order valence-electron chi connectivity index (χ4n) is 5.20. The molecule has 1 aromatic heterocycles. The first-order valence-corrected chi connectivity index (χ1v) is 13.9. The van der Waals surface area contributed by atoms with Gasteiger partial charge in [-0.2, -0.15) is 5.26 Å². The number of aliphatic hydroxyl groups excluding tert-OH is 1. The number of aromatic nitrogens is 1. The van der Waals surface area contributed by atoms with Gasteiger partial charge in [-0.1, -0.05) is 48.0 Å². The second-order valence-electron chi connectivity index (χ2n) is 10.3. The lowest BCUT2D eigenvalue weighted by molar-refractivity contribution is -0.142. The van der Waals surface area contributed by atoms with E-state index in [0.29, 0.717) is 27.6 Å². The number of ether oxygens (including phenoxy) is 2. The van der Waals surface area contributed by atoms with Gasteiger partial charge in [0.25, 0.3) is 0 Å². The molecule has 42 heavy (non-hydrogen) atoms. The van der Waals surface area contributed by atoms with Crippen molar-refractivity contribution in [1.29, 1.82) is 5.26 Å². The number of halogens is 1. The van der Waals surface area contributed by atoms with Gasteiger partial charge in [0.2, 0.25) is 0 Å². The Hall–Kier alpha value is -4.42. The van der Waals surface area contributed by atoms with E-state index in [0.717, 1.165) is 27.8 Å². The van der Waals surface area contributed by atoms with Crippen LogP contribution in [0, 0.1) is 18.3 Å². The number of hydrogen-bond acceptors (Lipinski definition) is 7. The van der Waals surface area contributed by atoms with Crippen LogP contribution in [0.25, 0.3) is 11.1 Å². The summed E-state index contributed by atoms with van der Waals surface area (Å²) in [5, 5.41) is 29.5. The zero-order valence-corrected chi connectivity index (χ0v) is 23.8. The number of carboxylic acid groups (broad SMARTS) is 1. The monoisotopic (exact) mass is 583 g/mol. The number of nitrogens with zero attached hydrogens (tertiary/aromatic N) is 3. The number of carbonyl (C=O) groups is 1. The molecule has 1 aliphatic rings. The highest BCUT2D eigenvalue weighted by molar-refractivity contribution is 6.32. The quantitative estimate of drug-likeness (QED) is 0.242. The highest BCUT2D eigenvalue weighted by Gasteiger charge is 2.36. The van der Waals surface area contributed by atoms with Crippen LogP contribution in [0.2, 0.25) is 5.02 Å². The molecule has 3 aromatic carbocycles. The molecular weight excluding hydrogens is 554 g/mol. The van der Waals surface area contributed by atoms with E-state index >= 15 is 0 Å². The topological polar surface area (TPSA) is 116 Å². The number of aliphatic carboxylic acids is 1. The Morgan fingerprint density at radius 3 is 2.64 bits per heavy atom. The van der Waals surface area contributed by atoms with Crippen LogP contribution in [0.5, 0.6) is 11.5 Å². The van der Waals surface area contributed by atoms with Gasteiger partial charge in [-0.05, 0) is 53.4 Å². The molecule has 1 aliphatic heterocycles. The first-order valence-electron chi connectivity index (χ1n) is 13.5. The van der Waals surface area contributed by atoms with Gasteiger partial charge in [0.05, 0.1) is 22.8 Å². The molecule has 0 amide bonds. The van der Waals surface area contributed by atoms with E-state index < -0.39 is 18.1 Å². The molecule has 8 nitrogen and oxygen atoms in total. The first-order chi connectivity index (χ1) is 20.3. The van der Waals surface area contributed by atoms with Crippen LogP contribution in [0.3, 0.4) is 0 Å². The van der Waals surface area contributed by atoms with Crippen molar-refractivity contribution >= 4 is 17.6 Å². The molecule has 0 unspecified atom stereocenters. The molecule has 1 saturated heterocycles. The summed E-state index contributed by atoms with van der Waals surface area (Å²) in [5.74, 6) is -0.0935. The van der Waals surface area contributed by atoms with Gasteiger partial charge in [0, 0.05) is 49.1 Å². The highest BCUT2D eigenvalue weighted by atomic mass is 35.5. The standard InChI is InChI=1S/C33H30ClN3O5/c1-21-25(7-3-9-28(21)24-8-4-10-36-16-24)20-42-32-14-31(41-19-23-6-2-5-22(11-23)15-35)26(12-29(32)34)17-37-18-27(38)13-30(37)33(39)40/h2-12,14,16,27,30,38H,13,17-20H2,1H3,(H,39,40)/t27-,30-/m0/s1. The summed E-state index contributed by atoms with van der Waals surface area (Å²) in [6.07, 6.45) is 2.99. The van der Waals surface area contributed by atoms with Crippen molar-refractivity contribution in [3.05, 3.63) is 112 Å². The fraction of sp³-hybridized carbons (Fsp3) is 0.242. The molecule has 214 valence electrons. The van der Waals surface area contributed by atoms with Gasteiger partial charge in [0.15, 0.2) is 0 Å². The predicted octanol–water partition coefficient (Wildman–Crippen LogP) is 5.76. The number of rotatable bonds is 10. The summed E-state index contributed by atoms with van der Waals surface area (Å²) in [6, 6.07) is 21.8. The zero-order valence-electron chi connectivity index (χ0n) is 23.0. The molecule has 9 heteroatoms. The number of aliphatic hydroxyl groups is 1. The van der Waals surface area contributed by atoms with Gasteiger partial charge < -0.3 is 19.7 Å². The van der Waals surface area contributed by atoms with Crippen LogP contribution in [-0.4, -0.2) is 44.8 Å². The minimum absolute atomic E-state index is 0.152. The lowest BCUT2D eigenvalue weighted by Gasteiger charge is -2.23. The second kappa shape index (κ2) is 13.0. The van der Waals surface area contributed by atoms with Gasteiger partial charge >= 0.3 is 5.97 Å². The van der Waals surface area contributed by atoms with E-state index in [9.17, 15) is 20.3 Å². The van der Waals surface area contributed by atoms with E-state index in [1.807, 2.05) is 49.5 Å². The maximum Gasteiger partial charge on any atom is 0.321 e. The Morgan fingerprint density at radius 2 is 1.88 bits per heavy atom. The maximum atomic E-state index is 11.8.